The lowest BCUT2D eigenvalue weighted by atomic mass is 10.1. The van der Waals surface area contributed by atoms with Crippen molar-refractivity contribution in [1.29, 1.82) is 0 Å². The number of nitrogens with one attached hydrogen (secondary N) is 1. The Kier molecular flexibility index (Phi) is 4.50. The van der Waals surface area contributed by atoms with Crippen molar-refractivity contribution >= 4 is 11.7 Å². The fourth-order valence-corrected chi connectivity index (χ4v) is 1.40. The molecule has 1 unspecified atom stereocenters. The van der Waals surface area contributed by atoms with Crippen molar-refractivity contribution in [2.75, 3.05) is 0 Å². The quantitative estimate of drug-likeness (QED) is 0.292. The second-order valence-electron chi connectivity index (χ2n) is 3.78. The summed E-state index contributed by atoms with van der Waals surface area (Å²) < 4.78 is 1.55. The van der Waals surface area contributed by atoms with Crippen LogP contribution in [0.1, 0.15) is 30.1 Å². The molecule has 4 N–H and O–H groups in total. The smallest absolute Gasteiger partial charge is 0.254 e. The third-order valence-electron chi connectivity index (χ3n) is 2.38. The topological polar surface area (TPSA) is 106 Å². The van der Waals surface area contributed by atoms with Crippen molar-refractivity contribution < 1.29 is 10.0 Å². The highest BCUT2D eigenvalue weighted by Gasteiger charge is 2.14. The summed E-state index contributed by atoms with van der Waals surface area (Å²) in [6, 6.07) is -0.154. The first-order valence-electron chi connectivity index (χ1n) is 5.32. The number of hydrogen-bond acceptors (Lipinski definition) is 4. The Morgan fingerprint density at radius 1 is 1.76 bits per heavy atom. The van der Waals surface area contributed by atoms with Crippen LogP contribution in [0.4, 0.5) is 0 Å². The molecule has 0 aliphatic heterocycles. The Labute approximate surface area is 99.3 Å². The third-order valence-corrected chi connectivity index (χ3v) is 2.38. The van der Waals surface area contributed by atoms with Gasteiger partial charge < -0.3 is 16.3 Å². The second kappa shape index (κ2) is 5.88. The van der Waals surface area contributed by atoms with Crippen molar-refractivity contribution in [2.45, 2.75) is 25.8 Å². The highest BCUT2D eigenvalue weighted by molar-refractivity contribution is 5.94. The molecule has 1 atom stereocenters. The molecule has 0 aromatic carbocycles. The monoisotopic (exact) mass is 239 g/mol. The van der Waals surface area contributed by atoms with Crippen LogP contribution in [-0.4, -0.2) is 32.8 Å². The minimum atomic E-state index is -0.212. The number of carbonyl (C=O) groups is 1. The van der Waals surface area contributed by atoms with Gasteiger partial charge in [-0.25, -0.2) is 0 Å². The molecule has 1 amide bonds. The number of rotatable bonds is 5. The van der Waals surface area contributed by atoms with Crippen LogP contribution in [0.15, 0.2) is 17.5 Å². The Hall–Kier alpha value is -2.05. The zero-order valence-electron chi connectivity index (χ0n) is 9.92. The van der Waals surface area contributed by atoms with E-state index >= 15 is 0 Å². The molecule has 0 fully saturated rings. The van der Waals surface area contributed by atoms with Crippen molar-refractivity contribution in [3.8, 4) is 0 Å². The first-order valence-corrected chi connectivity index (χ1v) is 5.32. The zero-order chi connectivity index (χ0) is 12.8. The molecule has 0 saturated carbocycles. The van der Waals surface area contributed by atoms with Crippen LogP contribution in [0, 0.1) is 0 Å². The number of hydrogen-bond donors (Lipinski definition) is 3. The molecule has 0 aliphatic rings. The maximum absolute atomic E-state index is 11.8. The normalized spacial score (nSPS) is 13.4. The molecule has 1 heterocycles. The van der Waals surface area contributed by atoms with Crippen molar-refractivity contribution in [3.63, 3.8) is 0 Å². The number of amidine groups is 1. The maximum Gasteiger partial charge on any atom is 0.254 e. The Balaban J connectivity index is 2.59. The molecule has 17 heavy (non-hydrogen) atoms. The average Bonchev–Trinajstić information content (AvgIpc) is 2.74. The number of amides is 1. The molecular formula is C10H17N5O2. The summed E-state index contributed by atoms with van der Waals surface area (Å²) in [6.07, 6.45) is 4.14. The summed E-state index contributed by atoms with van der Waals surface area (Å²) in [6.45, 7) is 1.92. The van der Waals surface area contributed by atoms with Gasteiger partial charge in [0.15, 0.2) is 0 Å². The van der Waals surface area contributed by atoms with Gasteiger partial charge in [-0.2, -0.15) is 5.10 Å². The summed E-state index contributed by atoms with van der Waals surface area (Å²) in [5, 5.41) is 18.1. The minimum absolute atomic E-state index is 0.100. The van der Waals surface area contributed by atoms with E-state index in [1.165, 1.54) is 6.20 Å². The number of aromatic nitrogens is 2. The maximum atomic E-state index is 11.8. The standard InChI is InChI=1S/C10H17N5O2/c1-3-8(4-9(11)14-17)13-10(16)7-5-12-15(2)6-7/h5-6,8,17H,3-4H2,1-2H3,(H2,11,14)(H,13,16). The van der Waals surface area contributed by atoms with E-state index in [0.717, 1.165) is 0 Å². The van der Waals surface area contributed by atoms with Gasteiger partial charge in [0.25, 0.3) is 5.91 Å². The predicted octanol–water partition coefficient (Wildman–Crippen LogP) is 0.0650. The highest BCUT2D eigenvalue weighted by Crippen LogP contribution is 2.02. The van der Waals surface area contributed by atoms with Gasteiger partial charge in [-0.15, -0.1) is 0 Å². The van der Waals surface area contributed by atoms with E-state index in [9.17, 15) is 4.79 Å². The van der Waals surface area contributed by atoms with Crippen LogP contribution >= 0.6 is 0 Å². The molecule has 1 aromatic heterocycles. The van der Waals surface area contributed by atoms with Gasteiger partial charge in [0.05, 0.1) is 11.8 Å². The Morgan fingerprint density at radius 2 is 2.47 bits per heavy atom. The fraction of sp³-hybridized carbons (Fsp3) is 0.500. The molecule has 1 aromatic rings. The predicted molar refractivity (Wildman–Crippen MR) is 62.8 cm³/mol. The van der Waals surface area contributed by atoms with Gasteiger partial charge in [0, 0.05) is 25.7 Å². The average molecular weight is 239 g/mol. The Bertz CT molecular complexity index is 413. The van der Waals surface area contributed by atoms with E-state index < -0.39 is 0 Å². The van der Waals surface area contributed by atoms with Crippen LogP contribution < -0.4 is 11.1 Å². The summed E-state index contributed by atoms with van der Waals surface area (Å²) in [5.41, 5.74) is 5.89. The van der Waals surface area contributed by atoms with Crippen molar-refractivity contribution in [3.05, 3.63) is 18.0 Å². The minimum Gasteiger partial charge on any atom is -0.409 e. The molecule has 0 radical (unpaired) electrons. The first kappa shape index (κ1) is 13.0. The first-order chi connectivity index (χ1) is 8.06. The van der Waals surface area contributed by atoms with Gasteiger partial charge in [-0.05, 0) is 6.42 Å². The molecular weight excluding hydrogens is 222 g/mol. The van der Waals surface area contributed by atoms with Crippen molar-refractivity contribution in [1.82, 2.24) is 15.1 Å². The van der Waals surface area contributed by atoms with Crippen LogP contribution in [0.25, 0.3) is 0 Å². The number of carbonyl (C=O) groups excluding carboxylic acids is 1. The summed E-state index contributed by atoms with van der Waals surface area (Å²) in [7, 11) is 1.74. The van der Waals surface area contributed by atoms with E-state index in [2.05, 4.69) is 15.6 Å². The largest absolute Gasteiger partial charge is 0.409 e. The SMILES string of the molecule is CCC(CC(N)=NO)NC(=O)c1cnn(C)c1. The molecule has 1 rings (SSSR count). The molecule has 0 bridgehead atoms. The van der Waals surface area contributed by atoms with E-state index in [1.54, 1.807) is 17.9 Å². The van der Waals surface area contributed by atoms with Gasteiger partial charge in [-0.3, -0.25) is 9.48 Å². The van der Waals surface area contributed by atoms with Gasteiger partial charge >= 0.3 is 0 Å². The molecule has 0 aliphatic carbocycles. The molecule has 0 saturated heterocycles. The lowest BCUT2D eigenvalue weighted by Gasteiger charge is -2.15. The second-order valence-corrected chi connectivity index (χ2v) is 3.78. The molecule has 7 nitrogen and oxygen atoms in total. The van der Waals surface area contributed by atoms with E-state index in [-0.39, 0.29) is 17.8 Å². The lowest BCUT2D eigenvalue weighted by Crippen LogP contribution is -2.37. The van der Waals surface area contributed by atoms with Gasteiger partial charge in [0.1, 0.15) is 5.84 Å². The zero-order valence-corrected chi connectivity index (χ0v) is 9.92. The fourth-order valence-electron chi connectivity index (χ4n) is 1.40. The number of nitrogens with zero attached hydrogens (tertiary/aromatic N) is 3. The van der Waals surface area contributed by atoms with Gasteiger partial charge in [0.2, 0.25) is 0 Å². The number of aryl methyl sites for hydroxylation is 1. The molecule has 0 spiro atoms. The van der Waals surface area contributed by atoms with E-state index in [1.807, 2.05) is 6.92 Å². The van der Waals surface area contributed by atoms with E-state index in [0.29, 0.717) is 18.4 Å². The lowest BCUT2D eigenvalue weighted by molar-refractivity contribution is 0.0937. The summed E-state index contributed by atoms with van der Waals surface area (Å²) in [4.78, 5) is 11.8. The number of oxime groups is 1. The summed E-state index contributed by atoms with van der Waals surface area (Å²) in [5.74, 6) is -0.112. The van der Waals surface area contributed by atoms with E-state index in [4.69, 9.17) is 10.9 Å². The van der Waals surface area contributed by atoms with Crippen molar-refractivity contribution in [2.24, 2.45) is 17.9 Å². The summed E-state index contributed by atoms with van der Waals surface area (Å²) >= 11 is 0. The molecule has 7 heteroatoms. The molecule has 94 valence electrons. The third kappa shape index (κ3) is 3.78. The number of nitrogens with two attached hydrogens (primary N) is 1. The van der Waals surface area contributed by atoms with Crippen LogP contribution in [0.5, 0.6) is 0 Å². The van der Waals surface area contributed by atoms with Crippen LogP contribution in [0.3, 0.4) is 0 Å². The Morgan fingerprint density at radius 3 is 2.94 bits per heavy atom. The van der Waals surface area contributed by atoms with Crippen LogP contribution in [0.2, 0.25) is 0 Å². The van der Waals surface area contributed by atoms with Gasteiger partial charge in [-0.1, -0.05) is 12.1 Å². The van der Waals surface area contributed by atoms with Crippen LogP contribution in [-0.2, 0) is 7.05 Å². The highest BCUT2D eigenvalue weighted by atomic mass is 16.4.